The van der Waals surface area contributed by atoms with Crippen LogP contribution in [-0.4, -0.2) is 12.6 Å². The summed E-state index contributed by atoms with van der Waals surface area (Å²) in [6.45, 7) is 8.15. The first-order chi connectivity index (χ1) is 9.11. The maximum atomic E-state index is 3.73. The summed E-state index contributed by atoms with van der Waals surface area (Å²) >= 11 is 0. The normalized spacial score (nSPS) is 21.2. The Balaban J connectivity index is 1.96. The third-order valence-electron chi connectivity index (χ3n) is 4.72. The fourth-order valence-corrected chi connectivity index (χ4v) is 3.36. The molecule has 1 aromatic rings. The number of rotatable bonds is 5. The molecule has 2 rings (SSSR count). The third-order valence-corrected chi connectivity index (χ3v) is 4.72. The minimum absolute atomic E-state index is 0.569. The Bertz CT molecular complexity index is 359. The van der Waals surface area contributed by atoms with Gasteiger partial charge < -0.3 is 5.32 Å². The zero-order chi connectivity index (χ0) is 13.7. The smallest absolute Gasteiger partial charge is 0.0136 e. The average molecular weight is 259 g/mol. The van der Waals surface area contributed by atoms with E-state index in [0.29, 0.717) is 11.5 Å². The molecule has 19 heavy (non-hydrogen) atoms. The minimum atomic E-state index is 0.569. The second-order valence-corrected chi connectivity index (χ2v) is 6.86. The summed E-state index contributed by atoms with van der Waals surface area (Å²) in [5.41, 5.74) is 2.04. The maximum absolute atomic E-state index is 3.73. The second kappa shape index (κ2) is 6.56. The van der Waals surface area contributed by atoms with Crippen LogP contribution in [0.3, 0.4) is 0 Å². The number of likely N-dealkylation sites (N-methyl/N-ethyl adjacent to an activating group) is 1. The first-order valence-corrected chi connectivity index (χ1v) is 7.88. The van der Waals surface area contributed by atoms with Crippen LogP contribution >= 0.6 is 0 Å². The fourth-order valence-electron chi connectivity index (χ4n) is 3.36. The van der Waals surface area contributed by atoms with Crippen LogP contribution in [0.5, 0.6) is 0 Å². The number of nitrogens with one attached hydrogen (secondary N) is 1. The summed E-state index contributed by atoms with van der Waals surface area (Å²) in [6, 6.07) is 11.6. The van der Waals surface area contributed by atoms with Crippen molar-refractivity contribution in [2.24, 2.45) is 11.3 Å². The molecule has 1 aliphatic rings. The second-order valence-electron chi connectivity index (χ2n) is 6.86. The van der Waals surface area contributed by atoms with E-state index in [1.54, 1.807) is 0 Å². The van der Waals surface area contributed by atoms with Gasteiger partial charge in [-0.1, -0.05) is 51.1 Å². The Labute approximate surface area is 118 Å². The van der Waals surface area contributed by atoms with Crippen LogP contribution in [0.15, 0.2) is 30.3 Å². The number of hydrogen-bond donors (Lipinski definition) is 1. The molecule has 0 aliphatic heterocycles. The van der Waals surface area contributed by atoms with Crippen LogP contribution in [-0.2, 0) is 6.42 Å². The lowest BCUT2D eigenvalue weighted by Crippen LogP contribution is -2.40. The Morgan fingerprint density at radius 2 is 1.79 bits per heavy atom. The molecule has 0 spiro atoms. The van der Waals surface area contributed by atoms with Crippen molar-refractivity contribution in [1.82, 2.24) is 5.32 Å². The van der Waals surface area contributed by atoms with Gasteiger partial charge in [-0.25, -0.2) is 0 Å². The summed E-state index contributed by atoms with van der Waals surface area (Å²) < 4.78 is 0. The van der Waals surface area contributed by atoms with Gasteiger partial charge in [-0.15, -0.1) is 0 Å². The van der Waals surface area contributed by atoms with Crippen molar-refractivity contribution < 1.29 is 0 Å². The van der Waals surface area contributed by atoms with Gasteiger partial charge in [0.05, 0.1) is 0 Å². The standard InChI is InChI=1S/C18H29N/c1-4-19-17(14-15-8-6-5-7-9-15)16-10-12-18(2,3)13-11-16/h5-9,16-17,19H,4,10-14H2,1-3H3. The van der Waals surface area contributed by atoms with Crippen molar-refractivity contribution in [2.75, 3.05) is 6.54 Å². The van der Waals surface area contributed by atoms with Gasteiger partial charge in [-0.2, -0.15) is 0 Å². The number of hydrogen-bond acceptors (Lipinski definition) is 1. The van der Waals surface area contributed by atoms with E-state index in [2.05, 4.69) is 56.4 Å². The molecule has 1 aliphatic carbocycles. The van der Waals surface area contributed by atoms with Gasteiger partial charge >= 0.3 is 0 Å². The Morgan fingerprint density at radius 1 is 1.16 bits per heavy atom. The van der Waals surface area contributed by atoms with Crippen molar-refractivity contribution in [3.8, 4) is 0 Å². The van der Waals surface area contributed by atoms with Crippen LogP contribution in [0.2, 0.25) is 0 Å². The summed E-state index contributed by atoms with van der Waals surface area (Å²) in [5.74, 6) is 0.855. The van der Waals surface area contributed by atoms with E-state index < -0.39 is 0 Å². The molecule has 1 heteroatoms. The molecule has 106 valence electrons. The summed E-state index contributed by atoms with van der Waals surface area (Å²) in [7, 11) is 0. The van der Waals surface area contributed by atoms with Crippen molar-refractivity contribution >= 4 is 0 Å². The third kappa shape index (κ3) is 4.35. The molecule has 0 aromatic heterocycles. The van der Waals surface area contributed by atoms with E-state index >= 15 is 0 Å². The van der Waals surface area contributed by atoms with E-state index in [-0.39, 0.29) is 0 Å². The maximum Gasteiger partial charge on any atom is 0.0136 e. The first-order valence-electron chi connectivity index (χ1n) is 7.88. The SMILES string of the molecule is CCNC(Cc1ccccc1)C1CCC(C)(C)CC1. The predicted octanol–water partition coefficient (Wildman–Crippen LogP) is 4.42. The lowest BCUT2D eigenvalue weighted by atomic mass is 9.70. The van der Waals surface area contributed by atoms with Crippen molar-refractivity contribution in [2.45, 2.75) is 58.9 Å². The average Bonchev–Trinajstić information content (AvgIpc) is 2.39. The highest BCUT2D eigenvalue weighted by molar-refractivity contribution is 5.16. The molecule has 0 heterocycles. The highest BCUT2D eigenvalue weighted by Crippen LogP contribution is 2.39. The van der Waals surface area contributed by atoms with Crippen LogP contribution in [0, 0.1) is 11.3 Å². The fraction of sp³-hybridized carbons (Fsp3) is 0.667. The quantitative estimate of drug-likeness (QED) is 0.825. The molecule has 0 bridgehead atoms. The van der Waals surface area contributed by atoms with E-state index in [1.165, 1.54) is 37.7 Å². The summed E-state index contributed by atoms with van der Waals surface area (Å²) in [4.78, 5) is 0. The predicted molar refractivity (Wildman–Crippen MR) is 83.3 cm³/mol. The van der Waals surface area contributed by atoms with Crippen LogP contribution in [0.4, 0.5) is 0 Å². The molecular weight excluding hydrogens is 230 g/mol. The molecule has 1 nitrogen and oxygen atoms in total. The molecule has 1 atom stereocenters. The summed E-state index contributed by atoms with van der Waals surface area (Å²) in [5, 5.41) is 3.73. The van der Waals surface area contributed by atoms with Crippen LogP contribution in [0.25, 0.3) is 0 Å². The van der Waals surface area contributed by atoms with Crippen molar-refractivity contribution in [3.05, 3.63) is 35.9 Å². The van der Waals surface area contributed by atoms with Crippen molar-refractivity contribution in [3.63, 3.8) is 0 Å². The topological polar surface area (TPSA) is 12.0 Å². The van der Waals surface area contributed by atoms with Gasteiger partial charge in [-0.05, 0) is 55.5 Å². The molecule has 0 radical (unpaired) electrons. The molecule has 1 N–H and O–H groups in total. The molecule has 1 unspecified atom stereocenters. The van der Waals surface area contributed by atoms with E-state index in [4.69, 9.17) is 0 Å². The van der Waals surface area contributed by atoms with Gasteiger partial charge in [0.2, 0.25) is 0 Å². The van der Waals surface area contributed by atoms with Gasteiger partial charge in [0.25, 0.3) is 0 Å². The molecule has 1 saturated carbocycles. The Kier molecular flexibility index (Phi) is 5.04. The minimum Gasteiger partial charge on any atom is -0.314 e. The number of benzene rings is 1. The summed E-state index contributed by atoms with van der Waals surface area (Å²) in [6.07, 6.45) is 6.72. The van der Waals surface area contributed by atoms with Crippen molar-refractivity contribution in [1.29, 1.82) is 0 Å². The lowest BCUT2D eigenvalue weighted by molar-refractivity contribution is 0.161. The van der Waals surface area contributed by atoms with Crippen LogP contribution < -0.4 is 5.32 Å². The molecular formula is C18H29N. The highest BCUT2D eigenvalue weighted by atomic mass is 14.9. The van der Waals surface area contributed by atoms with Gasteiger partial charge in [0.15, 0.2) is 0 Å². The van der Waals surface area contributed by atoms with E-state index in [9.17, 15) is 0 Å². The molecule has 0 saturated heterocycles. The lowest BCUT2D eigenvalue weighted by Gasteiger charge is -2.38. The Morgan fingerprint density at radius 3 is 2.37 bits per heavy atom. The Hall–Kier alpha value is -0.820. The molecule has 0 amide bonds. The van der Waals surface area contributed by atoms with Gasteiger partial charge in [0, 0.05) is 6.04 Å². The van der Waals surface area contributed by atoms with Crippen LogP contribution in [0.1, 0.15) is 52.0 Å². The largest absolute Gasteiger partial charge is 0.314 e. The first kappa shape index (κ1) is 14.6. The van der Waals surface area contributed by atoms with E-state index in [1.807, 2.05) is 0 Å². The van der Waals surface area contributed by atoms with E-state index in [0.717, 1.165) is 12.5 Å². The van der Waals surface area contributed by atoms with Gasteiger partial charge in [0.1, 0.15) is 0 Å². The van der Waals surface area contributed by atoms with Gasteiger partial charge in [-0.3, -0.25) is 0 Å². The highest BCUT2D eigenvalue weighted by Gasteiger charge is 2.30. The zero-order valence-corrected chi connectivity index (χ0v) is 12.8. The molecule has 1 fully saturated rings. The zero-order valence-electron chi connectivity index (χ0n) is 12.8. The molecule has 1 aromatic carbocycles. The monoisotopic (exact) mass is 259 g/mol.